The summed E-state index contributed by atoms with van der Waals surface area (Å²) >= 11 is 0. The van der Waals surface area contributed by atoms with Crippen molar-refractivity contribution in [1.29, 1.82) is 0 Å². The monoisotopic (exact) mass is 198 g/mol. The zero-order valence-electron chi connectivity index (χ0n) is 5.22. The fourth-order valence-electron chi connectivity index (χ4n) is 0.196. The molecule has 0 heterocycles. The van der Waals surface area contributed by atoms with Crippen LogP contribution in [0.4, 0.5) is 0 Å². The fraction of sp³-hybridized carbons (Fsp3) is 0.167. The second kappa shape index (κ2) is 8.05. The Morgan fingerprint density at radius 2 is 2.33 bits per heavy atom. The summed E-state index contributed by atoms with van der Waals surface area (Å²) in [5.41, 5.74) is 0. The molecule has 0 aliphatic carbocycles. The molecule has 1 N–H and O–H groups in total. The van der Waals surface area contributed by atoms with Crippen molar-refractivity contribution in [2.45, 2.75) is 0 Å². The molecule has 0 spiro atoms. The molecule has 0 fully saturated rings. The van der Waals surface area contributed by atoms with Crippen molar-refractivity contribution in [2.75, 3.05) is 7.05 Å². The topological polar surface area (TPSA) is 29.1 Å². The quantitative estimate of drug-likeness (QED) is 0.380. The summed E-state index contributed by atoms with van der Waals surface area (Å²) in [5.74, 6) is -0.272. The molecule has 0 aliphatic heterocycles. The SMILES string of the molecule is [CH-]=CC=[C-]C(=O)NC.[Y]. The van der Waals surface area contributed by atoms with Gasteiger partial charge in [-0.25, -0.2) is 0 Å². The smallest absolute Gasteiger partial charge is 0.134 e. The minimum Gasteiger partial charge on any atom is -0.394 e. The van der Waals surface area contributed by atoms with Crippen LogP contribution >= 0.6 is 0 Å². The van der Waals surface area contributed by atoms with E-state index in [2.05, 4.69) is 11.4 Å². The van der Waals surface area contributed by atoms with E-state index >= 15 is 0 Å². The second-order valence-corrected chi connectivity index (χ2v) is 1.08. The molecule has 0 saturated heterocycles. The van der Waals surface area contributed by atoms with Crippen LogP contribution < -0.4 is 5.32 Å². The Balaban J connectivity index is 0. The molecule has 47 valence electrons. The summed E-state index contributed by atoms with van der Waals surface area (Å²) in [4.78, 5) is 10.2. The predicted molar refractivity (Wildman–Crippen MR) is 30.7 cm³/mol. The van der Waals surface area contributed by atoms with Crippen LogP contribution in [0.25, 0.3) is 0 Å². The van der Waals surface area contributed by atoms with E-state index in [1.165, 1.54) is 19.2 Å². The number of likely N-dealkylation sites (N-methyl/N-ethyl adjacent to an activating group) is 1. The molecule has 0 bridgehead atoms. The largest absolute Gasteiger partial charge is 0.394 e. The number of amides is 1. The number of allylic oxidation sites excluding steroid dienone is 2. The van der Waals surface area contributed by atoms with Gasteiger partial charge < -0.3 is 24.0 Å². The Morgan fingerprint density at radius 3 is 2.67 bits per heavy atom. The molecular formula is C6H7NOY-2. The van der Waals surface area contributed by atoms with Gasteiger partial charge in [-0.15, -0.1) is 0 Å². The number of nitrogens with one attached hydrogen (secondary N) is 1. The first-order valence-corrected chi connectivity index (χ1v) is 2.16. The maximum atomic E-state index is 10.2. The standard InChI is InChI=1S/C6H7NO.Y/c1-3-4-5-6(8)7-2;/h1,3-4H,2H3,(H,7,8);/q-2;. The Hall–Kier alpha value is 0.0539. The van der Waals surface area contributed by atoms with Crippen molar-refractivity contribution >= 4 is 5.91 Å². The Labute approximate surface area is 80.3 Å². The summed E-state index contributed by atoms with van der Waals surface area (Å²) in [5, 5.41) is 2.34. The van der Waals surface area contributed by atoms with E-state index in [1.54, 1.807) is 0 Å². The van der Waals surface area contributed by atoms with Gasteiger partial charge in [-0.3, -0.25) is 10.9 Å². The van der Waals surface area contributed by atoms with Gasteiger partial charge in [0.2, 0.25) is 0 Å². The van der Waals surface area contributed by atoms with Crippen LogP contribution in [0.1, 0.15) is 0 Å². The average Bonchev–Trinajstić information content (AvgIpc) is 1.83. The molecule has 0 rings (SSSR count). The molecular weight excluding hydrogens is 191 g/mol. The van der Waals surface area contributed by atoms with Crippen LogP contribution in [0, 0.1) is 12.7 Å². The number of rotatable bonds is 2. The summed E-state index contributed by atoms with van der Waals surface area (Å²) < 4.78 is 0. The van der Waals surface area contributed by atoms with E-state index in [1.807, 2.05) is 0 Å². The average molecular weight is 198 g/mol. The third-order valence-corrected chi connectivity index (χ3v) is 0.538. The third-order valence-electron chi connectivity index (χ3n) is 0.538. The zero-order chi connectivity index (χ0) is 6.41. The molecule has 1 radical (unpaired) electrons. The first kappa shape index (κ1) is 11.8. The van der Waals surface area contributed by atoms with Crippen molar-refractivity contribution in [3.8, 4) is 0 Å². The maximum Gasteiger partial charge on any atom is 0.134 e. The summed E-state index contributed by atoms with van der Waals surface area (Å²) in [6.45, 7) is 4.91. The minimum atomic E-state index is -0.272. The van der Waals surface area contributed by atoms with Crippen molar-refractivity contribution in [1.82, 2.24) is 5.32 Å². The van der Waals surface area contributed by atoms with E-state index in [-0.39, 0.29) is 38.6 Å². The van der Waals surface area contributed by atoms with Crippen molar-refractivity contribution in [3.05, 3.63) is 24.8 Å². The van der Waals surface area contributed by atoms with E-state index in [9.17, 15) is 4.79 Å². The van der Waals surface area contributed by atoms with Gasteiger partial charge in [0.25, 0.3) is 0 Å². The van der Waals surface area contributed by atoms with Crippen LogP contribution in [0.5, 0.6) is 0 Å². The third kappa shape index (κ3) is 8.05. The van der Waals surface area contributed by atoms with Gasteiger partial charge in [0.1, 0.15) is 5.91 Å². The van der Waals surface area contributed by atoms with E-state index in [0.29, 0.717) is 0 Å². The molecule has 0 aromatic heterocycles. The van der Waals surface area contributed by atoms with Crippen LogP contribution in [0.3, 0.4) is 0 Å². The van der Waals surface area contributed by atoms with Crippen LogP contribution in [0.2, 0.25) is 0 Å². The molecule has 2 nitrogen and oxygen atoms in total. The predicted octanol–water partition coefficient (Wildman–Crippen LogP) is 0.0785. The van der Waals surface area contributed by atoms with E-state index < -0.39 is 0 Å². The van der Waals surface area contributed by atoms with Gasteiger partial charge >= 0.3 is 0 Å². The van der Waals surface area contributed by atoms with Crippen LogP contribution in [-0.4, -0.2) is 13.0 Å². The molecule has 0 atom stereocenters. The summed E-state index contributed by atoms with van der Waals surface area (Å²) in [7, 11) is 1.53. The van der Waals surface area contributed by atoms with Gasteiger partial charge in [-0.1, -0.05) is 0 Å². The van der Waals surface area contributed by atoms with Crippen molar-refractivity contribution in [3.63, 3.8) is 0 Å². The van der Waals surface area contributed by atoms with Crippen LogP contribution in [-0.2, 0) is 37.5 Å². The summed E-state index contributed by atoms with van der Waals surface area (Å²) in [6, 6.07) is 0. The minimum absolute atomic E-state index is 0. The Bertz CT molecular complexity index is 120. The number of carbonyl (C=O) groups is 1. The number of hydrogen-bond acceptors (Lipinski definition) is 1. The van der Waals surface area contributed by atoms with Gasteiger partial charge in [0.15, 0.2) is 0 Å². The number of carbonyl (C=O) groups excluding carboxylic acids is 1. The van der Waals surface area contributed by atoms with Crippen molar-refractivity contribution < 1.29 is 37.5 Å². The number of hydrogen-bond donors (Lipinski definition) is 1. The Kier molecular flexibility index (Phi) is 10.6. The summed E-state index contributed by atoms with van der Waals surface area (Å²) in [6.07, 6.45) is 4.92. The normalized spacial score (nSPS) is 8.11. The first-order valence-electron chi connectivity index (χ1n) is 2.16. The van der Waals surface area contributed by atoms with Gasteiger partial charge in [0, 0.05) is 39.8 Å². The molecule has 0 saturated carbocycles. The Morgan fingerprint density at radius 1 is 1.78 bits per heavy atom. The molecule has 1 amide bonds. The van der Waals surface area contributed by atoms with E-state index in [0.717, 1.165) is 0 Å². The molecule has 9 heavy (non-hydrogen) atoms. The molecule has 0 aromatic carbocycles. The van der Waals surface area contributed by atoms with Crippen LogP contribution in [0.15, 0.2) is 12.2 Å². The van der Waals surface area contributed by atoms with Gasteiger partial charge in [0.05, 0.1) is 0 Å². The van der Waals surface area contributed by atoms with E-state index in [4.69, 9.17) is 6.58 Å². The fourth-order valence-corrected chi connectivity index (χ4v) is 0.196. The molecule has 0 aromatic rings. The second-order valence-electron chi connectivity index (χ2n) is 1.08. The zero-order valence-corrected chi connectivity index (χ0v) is 8.06. The maximum absolute atomic E-state index is 10.2. The molecule has 3 heteroatoms. The van der Waals surface area contributed by atoms with Gasteiger partial charge in [-0.2, -0.15) is 0 Å². The molecule has 0 aliphatic rings. The molecule has 0 unspecified atom stereocenters. The van der Waals surface area contributed by atoms with Crippen molar-refractivity contribution in [2.24, 2.45) is 0 Å². The first-order chi connectivity index (χ1) is 3.81. The van der Waals surface area contributed by atoms with Gasteiger partial charge in [-0.05, 0) is 0 Å².